The molecule has 28 heavy (non-hydrogen) atoms. The van der Waals surface area contributed by atoms with E-state index in [0.29, 0.717) is 29.5 Å². The molecule has 1 aliphatic rings. The zero-order chi connectivity index (χ0) is 19.3. The zero-order valence-electron chi connectivity index (χ0n) is 15.4. The van der Waals surface area contributed by atoms with Crippen molar-refractivity contribution in [2.45, 2.75) is 16.0 Å². The average molecular weight is 392 g/mol. The van der Waals surface area contributed by atoms with Crippen LogP contribution in [-0.4, -0.2) is 42.1 Å². The molecular weight excluding hydrogens is 372 g/mol. The van der Waals surface area contributed by atoms with Crippen molar-refractivity contribution in [3.05, 3.63) is 78.5 Å². The Morgan fingerprint density at radius 3 is 2.64 bits per heavy atom. The maximum Gasteiger partial charge on any atom is 0.256 e. The van der Waals surface area contributed by atoms with Crippen LogP contribution in [0.3, 0.4) is 0 Å². The molecule has 0 radical (unpaired) electrons. The Morgan fingerprint density at radius 2 is 1.82 bits per heavy atom. The van der Waals surface area contributed by atoms with Gasteiger partial charge in [0.2, 0.25) is 0 Å². The second-order valence-electron chi connectivity index (χ2n) is 6.45. The van der Waals surface area contributed by atoms with Gasteiger partial charge in [0.15, 0.2) is 17.6 Å². The van der Waals surface area contributed by atoms with Gasteiger partial charge in [-0.05, 0) is 36.4 Å². The maximum atomic E-state index is 13.1. The minimum Gasteiger partial charge on any atom is -0.486 e. The van der Waals surface area contributed by atoms with Crippen LogP contribution in [0.25, 0.3) is 0 Å². The second kappa shape index (κ2) is 8.35. The molecule has 0 bridgehead atoms. The third-order valence-corrected chi connectivity index (χ3v) is 5.38. The molecule has 5 nitrogen and oxygen atoms in total. The van der Waals surface area contributed by atoms with Crippen LogP contribution >= 0.6 is 11.8 Å². The van der Waals surface area contributed by atoms with E-state index in [4.69, 9.17) is 9.47 Å². The Hall–Kier alpha value is -2.99. The van der Waals surface area contributed by atoms with E-state index in [1.165, 1.54) is 11.8 Å². The van der Waals surface area contributed by atoms with Gasteiger partial charge in [-0.3, -0.25) is 4.79 Å². The van der Waals surface area contributed by atoms with Crippen LogP contribution in [0.2, 0.25) is 0 Å². The van der Waals surface area contributed by atoms with E-state index in [2.05, 4.69) is 4.98 Å². The molecule has 1 aliphatic heterocycles. The molecule has 0 fully saturated rings. The van der Waals surface area contributed by atoms with E-state index in [1.54, 1.807) is 24.2 Å². The summed E-state index contributed by atoms with van der Waals surface area (Å²) in [6.45, 7) is 0.838. The number of nitrogens with zero attached hydrogens (tertiary/aromatic N) is 2. The summed E-state index contributed by atoms with van der Waals surface area (Å²) >= 11 is 1.48. The fourth-order valence-electron chi connectivity index (χ4n) is 2.98. The molecule has 1 amide bonds. The minimum atomic E-state index is -0.217. The lowest BCUT2D eigenvalue weighted by Crippen LogP contribution is -2.42. The van der Waals surface area contributed by atoms with Crippen molar-refractivity contribution in [3.63, 3.8) is 0 Å². The number of para-hydroxylation sites is 2. The lowest BCUT2D eigenvalue weighted by Gasteiger charge is -2.29. The van der Waals surface area contributed by atoms with Crippen molar-refractivity contribution in [1.82, 2.24) is 9.88 Å². The molecule has 0 unspecified atom stereocenters. The van der Waals surface area contributed by atoms with Gasteiger partial charge in [-0.2, -0.15) is 0 Å². The number of aromatic nitrogens is 1. The number of benzene rings is 2. The Bertz CT molecular complexity index is 965. The van der Waals surface area contributed by atoms with Gasteiger partial charge in [0.25, 0.3) is 5.91 Å². The van der Waals surface area contributed by atoms with E-state index in [-0.39, 0.29) is 12.0 Å². The van der Waals surface area contributed by atoms with Gasteiger partial charge in [0.05, 0.1) is 12.1 Å². The summed E-state index contributed by atoms with van der Waals surface area (Å²) in [7, 11) is 1.77. The Kier molecular flexibility index (Phi) is 5.48. The standard InChI is InChI=1S/C22H20N2O3S/c1-24(14-16-15-26-19-11-5-6-12-20(19)27-16)22(25)18-10-7-13-23-21(18)28-17-8-3-2-4-9-17/h2-13,16H,14-15H2,1H3/t16-/m1/s1. The predicted molar refractivity (Wildman–Crippen MR) is 108 cm³/mol. The second-order valence-corrected chi connectivity index (χ2v) is 7.52. The summed E-state index contributed by atoms with van der Waals surface area (Å²) in [6.07, 6.45) is 1.49. The van der Waals surface area contributed by atoms with Crippen LogP contribution < -0.4 is 9.47 Å². The number of likely N-dealkylation sites (N-methyl/N-ethyl adjacent to an activating group) is 1. The highest BCUT2D eigenvalue weighted by atomic mass is 32.2. The van der Waals surface area contributed by atoms with Crippen LogP contribution in [0.15, 0.2) is 82.8 Å². The average Bonchev–Trinajstić information content (AvgIpc) is 2.74. The number of hydrogen-bond acceptors (Lipinski definition) is 5. The van der Waals surface area contributed by atoms with Gasteiger partial charge >= 0.3 is 0 Å². The highest BCUT2D eigenvalue weighted by Gasteiger charge is 2.25. The molecule has 0 spiro atoms. The monoisotopic (exact) mass is 392 g/mol. The Balaban J connectivity index is 1.46. The van der Waals surface area contributed by atoms with Crippen LogP contribution in [0.4, 0.5) is 0 Å². The maximum absolute atomic E-state index is 13.1. The quantitative estimate of drug-likeness (QED) is 0.653. The summed E-state index contributed by atoms with van der Waals surface area (Å²) in [6, 6.07) is 21.1. The van der Waals surface area contributed by atoms with E-state index >= 15 is 0 Å². The third-order valence-electron chi connectivity index (χ3n) is 4.35. The molecule has 2 heterocycles. The van der Waals surface area contributed by atoms with Gasteiger partial charge in [0, 0.05) is 18.1 Å². The molecule has 2 aromatic carbocycles. The SMILES string of the molecule is CN(C[C@@H]1COc2ccccc2O1)C(=O)c1cccnc1Sc1ccccc1. The first kappa shape index (κ1) is 18.4. The lowest BCUT2D eigenvalue weighted by molar-refractivity contribution is 0.0518. The molecule has 0 saturated heterocycles. The first-order valence-electron chi connectivity index (χ1n) is 9.02. The van der Waals surface area contributed by atoms with Crippen molar-refractivity contribution in [2.75, 3.05) is 20.2 Å². The number of ether oxygens (including phenoxy) is 2. The van der Waals surface area contributed by atoms with E-state index in [9.17, 15) is 4.79 Å². The van der Waals surface area contributed by atoms with Gasteiger partial charge in [-0.15, -0.1) is 0 Å². The van der Waals surface area contributed by atoms with Gasteiger partial charge < -0.3 is 14.4 Å². The molecule has 4 rings (SSSR count). The summed E-state index contributed by atoms with van der Waals surface area (Å²) in [5.74, 6) is 1.36. The highest BCUT2D eigenvalue weighted by molar-refractivity contribution is 7.99. The number of pyridine rings is 1. The molecule has 142 valence electrons. The number of carbonyl (C=O) groups is 1. The van der Waals surface area contributed by atoms with Crippen molar-refractivity contribution in [3.8, 4) is 11.5 Å². The minimum absolute atomic E-state index is 0.0889. The van der Waals surface area contributed by atoms with Crippen molar-refractivity contribution in [1.29, 1.82) is 0 Å². The Morgan fingerprint density at radius 1 is 1.07 bits per heavy atom. The highest BCUT2D eigenvalue weighted by Crippen LogP contribution is 2.32. The first-order chi connectivity index (χ1) is 13.7. The van der Waals surface area contributed by atoms with Crippen molar-refractivity contribution in [2.24, 2.45) is 0 Å². The molecule has 0 N–H and O–H groups in total. The summed E-state index contributed by atoms with van der Waals surface area (Å²) in [5, 5.41) is 0.691. The topological polar surface area (TPSA) is 51.7 Å². The number of hydrogen-bond donors (Lipinski definition) is 0. The first-order valence-corrected chi connectivity index (χ1v) is 9.84. The molecule has 1 atom stereocenters. The number of fused-ring (bicyclic) bond motifs is 1. The molecule has 3 aromatic rings. The molecule has 0 aliphatic carbocycles. The fraction of sp³-hybridized carbons (Fsp3) is 0.182. The van der Waals surface area contributed by atoms with E-state index < -0.39 is 0 Å². The smallest absolute Gasteiger partial charge is 0.256 e. The third kappa shape index (κ3) is 4.12. The van der Waals surface area contributed by atoms with E-state index in [1.807, 2.05) is 60.7 Å². The molecule has 1 aromatic heterocycles. The van der Waals surface area contributed by atoms with Crippen molar-refractivity contribution >= 4 is 17.7 Å². The van der Waals surface area contributed by atoms with Crippen LogP contribution in [0.5, 0.6) is 11.5 Å². The largest absolute Gasteiger partial charge is 0.486 e. The zero-order valence-corrected chi connectivity index (χ0v) is 16.3. The number of amides is 1. The summed E-state index contributed by atoms with van der Waals surface area (Å²) < 4.78 is 11.7. The normalized spacial score (nSPS) is 15.1. The van der Waals surface area contributed by atoms with Crippen LogP contribution in [-0.2, 0) is 0 Å². The van der Waals surface area contributed by atoms with Gasteiger partial charge in [0.1, 0.15) is 11.6 Å². The molecular formula is C22H20N2O3S. The van der Waals surface area contributed by atoms with Crippen LogP contribution in [0, 0.1) is 0 Å². The van der Waals surface area contributed by atoms with Gasteiger partial charge in [-0.1, -0.05) is 42.1 Å². The summed E-state index contributed by atoms with van der Waals surface area (Å²) in [4.78, 5) is 20.2. The Labute approximate surface area is 168 Å². The fourth-order valence-corrected chi connectivity index (χ4v) is 3.88. The molecule has 6 heteroatoms. The summed E-state index contributed by atoms with van der Waals surface area (Å²) in [5.41, 5.74) is 0.580. The molecule has 0 saturated carbocycles. The lowest BCUT2D eigenvalue weighted by atomic mass is 10.2. The number of rotatable bonds is 5. The van der Waals surface area contributed by atoms with E-state index in [0.717, 1.165) is 10.6 Å². The van der Waals surface area contributed by atoms with Gasteiger partial charge in [-0.25, -0.2) is 4.98 Å². The van der Waals surface area contributed by atoms with Crippen molar-refractivity contribution < 1.29 is 14.3 Å². The van der Waals surface area contributed by atoms with Crippen LogP contribution in [0.1, 0.15) is 10.4 Å². The number of carbonyl (C=O) groups excluding carboxylic acids is 1. The predicted octanol–water partition coefficient (Wildman–Crippen LogP) is 4.14.